The summed E-state index contributed by atoms with van der Waals surface area (Å²) in [5.41, 5.74) is 10.4. The fourth-order valence-electron chi connectivity index (χ4n) is 7.32. The molecular weight excluding hydrogens is 510 g/mol. The van der Waals surface area contributed by atoms with Crippen molar-refractivity contribution in [3.8, 4) is 0 Å². The first-order valence-corrected chi connectivity index (χ1v) is 14.6. The molecule has 3 atom stereocenters. The van der Waals surface area contributed by atoms with Gasteiger partial charge in [-0.2, -0.15) is 0 Å². The van der Waals surface area contributed by atoms with Crippen LogP contribution >= 0.6 is 0 Å². The molecule has 0 saturated heterocycles. The standard InChI is InChI=1S/C40H29NO/c42-40(30-21-11-4-12-22-30)41-34-24-14-13-23-31(34)38-36(29-19-9-3-10-20-29)37-32(25-26-33(37)39(38)41)35(27-15-5-1-6-16-27)28-17-7-2-8-18-28/h1-26,33,36-37H. The molecule has 42 heavy (non-hydrogen) atoms. The smallest absolute Gasteiger partial charge is 0.262 e. The predicted octanol–water partition coefficient (Wildman–Crippen LogP) is 9.25. The minimum Gasteiger partial charge on any atom is -0.279 e. The van der Waals surface area contributed by atoms with E-state index in [4.69, 9.17) is 0 Å². The topological polar surface area (TPSA) is 22.0 Å². The molecule has 8 rings (SSSR count). The summed E-state index contributed by atoms with van der Waals surface area (Å²) in [5, 5.41) is 1.16. The van der Waals surface area contributed by atoms with E-state index in [1.54, 1.807) is 0 Å². The molecule has 200 valence electrons. The van der Waals surface area contributed by atoms with Crippen molar-refractivity contribution in [3.05, 3.63) is 197 Å². The van der Waals surface area contributed by atoms with Crippen molar-refractivity contribution in [2.75, 3.05) is 0 Å². The molecule has 0 bridgehead atoms. The lowest BCUT2D eigenvalue weighted by Crippen LogP contribution is -2.18. The molecule has 0 amide bonds. The van der Waals surface area contributed by atoms with Crippen LogP contribution in [0.5, 0.6) is 0 Å². The van der Waals surface area contributed by atoms with Crippen LogP contribution in [0, 0.1) is 5.92 Å². The molecule has 0 saturated carbocycles. The molecule has 1 aromatic heterocycles. The van der Waals surface area contributed by atoms with Crippen molar-refractivity contribution in [2.45, 2.75) is 11.8 Å². The van der Waals surface area contributed by atoms with Gasteiger partial charge in [-0.15, -0.1) is 0 Å². The van der Waals surface area contributed by atoms with Gasteiger partial charge in [0.05, 0.1) is 5.52 Å². The Morgan fingerprint density at radius 1 is 0.571 bits per heavy atom. The highest BCUT2D eigenvalue weighted by Gasteiger charge is 2.49. The second kappa shape index (κ2) is 10.0. The Kier molecular flexibility index (Phi) is 5.86. The maximum Gasteiger partial charge on any atom is 0.262 e. The molecular formula is C40H29NO. The Morgan fingerprint density at radius 2 is 1.10 bits per heavy atom. The minimum absolute atomic E-state index is 0.0256. The molecule has 2 nitrogen and oxygen atoms in total. The zero-order chi connectivity index (χ0) is 28.0. The van der Waals surface area contributed by atoms with Crippen molar-refractivity contribution in [3.63, 3.8) is 0 Å². The van der Waals surface area contributed by atoms with Gasteiger partial charge in [0.1, 0.15) is 0 Å². The molecule has 2 heteroatoms. The third kappa shape index (κ3) is 3.76. The number of fused-ring (bicyclic) bond motifs is 5. The van der Waals surface area contributed by atoms with Crippen LogP contribution in [0.1, 0.15) is 50.1 Å². The number of rotatable bonds is 4. The Bertz CT molecular complexity index is 1940. The third-order valence-corrected chi connectivity index (χ3v) is 8.96. The molecule has 0 spiro atoms. The first-order chi connectivity index (χ1) is 20.8. The number of hydrogen-bond acceptors (Lipinski definition) is 1. The zero-order valence-corrected chi connectivity index (χ0v) is 23.1. The SMILES string of the molecule is O=C(c1ccccc1)n1c2c(c3ccccc31)C(c1ccccc1)C1C(=C(c3ccccc3)c3ccccc3)C=CC21. The normalized spacial score (nSPS) is 18.7. The number of aromatic nitrogens is 1. The van der Waals surface area contributed by atoms with E-state index >= 15 is 0 Å². The number of allylic oxidation sites excluding steroid dienone is 3. The zero-order valence-electron chi connectivity index (χ0n) is 23.1. The van der Waals surface area contributed by atoms with Gasteiger partial charge in [-0.25, -0.2) is 0 Å². The van der Waals surface area contributed by atoms with Crippen LogP contribution in [0.15, 0.2) is 163 Å². The summed E-state index contributed by atoms with van der Waals surface area (Å²) >= 11 is 0. The molecule has 0 N–H and O–H groups in total. The molecule has 1 heterocycles. The number of para-hydroxylation sites is 1. The third-order valence-electron chi connectivity index (χ3n) is 8.96. The Balaban J connectivity index is 1.43. The Hall–Kier alpha value is -5.21. The van der Waals surface area contributed by atoms with E-state index in [1.807, 2.05) is 41.0 Å². The van der Waals surface area contributed by atoms with E-state index in [9.17, 15) is 4.79 Å². The van der Waals surface area contributed by atoms with E-state index in [0.29, 0.717) is 5.56 Å². The van der Waals surface area contributed by atoms with Gasteiger partial charge in [-0.1, -0.05) is 140 Å². The van der Waals surface area contributed by atoms with E-state index in [-0.39, 0.29) is 23.7 Å². The van der Waals surface area contributed by atoms with Crippen LogP contribution in [0.4, 0.5) is 0 Å². The van der Waals surface area contributed by atoms with Crippen LogP contribution in [0.3, 0.4) is 0 Å². The van der Waals surface area contributed by atoms with Gasteiger partial charge in [0.25, 0.3) is 5.91 Å². The van der Waals surface area contributed by atoms with Gasteiger partial charge in [-0.05, 0) is 51.6 Å². The first kappa shape index (κ1) is 24.6. The summed E-state index contributed by atoms with van der Waals surface area (Å²) in [7, 11) is 0. The van der Waals surface area contributed by atoms with Gasteiger partial charge < -0.3 is 0 Å². The molecule has 0 fully saturated rings. The molecule has 3 unspecified atom stereocenters. The van der Waals surface area contributed by atoms with Crippen molar-refractivity contribution in [2.24, 2.45) is 5.92 Å². The molecule has 5 aromatic carbocycles. The summed E-state index contributed by atoms with van der Waals surface area (Å²) in [6.45, 7) is 0. The van der Waals surface area contributed by atoms with E-state index in [2.05, 4.69) is 121 Å². The van der Waals surface area contributed by atoms with Gasteiger partial charge >= 0.3 is 0 Å². The summed E-state index contributed by atoms with van der Waals surface area (Å²) in [6.07, 6.45) is 4.68. The number of carbonyl (C=O) groups is 1. The fraction of sp³-hybridized carbons (Fsp3) is 0.0750. The molecule has 0 radical (unpaired) electrons. The first-order valence-electron chi connectivity index (χ1n) is 14.6. The van der Waals surface area contributed by atoms with Crippen LogP contribution in [-0.2, 0) is 0 Å². The quantitative estimate of drug-likeness (QED) is 0.219. The van der Waals surface area contributed by atoms with Crippen molar-refractivity contribution in [1.82, 2.24) is 4.57 Å². The lowest BCUT2D eigenvalue weighted by molar-refractivity contribution is 0.0961. The molecule has 2 aliphatic rings. The van der Waals surface area contributed by atoms with Gasteiger partial charge in [0, 0.05) is 34.4 Å². The lowest BCUT2D eigenvalue weighted by atomic mass is 9.77. The highest BCUT2D eigenvalue weighted by Crippen LogP contribution is 2.60. The van der Waals surface area contributed by atoms with Crippen LogP contribution < -0.4 is 0 Å². The Morgan fingerprint density at radius 3 is 1.71 bits per heavy atom. The molecule has 6 aromatic rings. The second-order valence-electron chi connectivity index (χ2n) is 11.2. The van der Waals surface area contributed by atoms with E-state index in [1.165, 1.54) is 33.4 Å². The average Bonchev–Trinajstić information content (AvgIpc) is 3.72. The number of hydrogen-bond donors (Lipinski definition) is 0. The highest BCUT2D eigenvalue weighted by atomic mass is 16.2. The van der Waals surface area contributed by atoms with Gasteiger partial charge in [-0.3, -0.25) is 9.36 Å². The highest BCUT2D eigenvalue weighted by molar-refractivity contribution is 6.05. The number of benzene rings is 5. The van der Waals surface area contributed by atoms with Crippen LogP contribution in [0.2, 0.25) is 0 Å². The average molecular weight is 540 g/mol. The monoisotopic (exact) mass is 539 g/mol. The van der Waals surface area contributed by atoms with E-state index in [0.717, 1.165) is 16.6 Å². The summed E-state index contributed by atoms with van der Waals surface area (Å²) in [4.78, 5) is 14.3. The largest absolute Gasteiger partial charge is 0.279 e. The Labute approximate surface area is 245 Å². The van der Waals surface area contributed by atoms with Crippen molar-refractivity contribution >= 4 is 22.4 Å². The van der Waals surface area contributed by atoms with Crippen LogP contribution in [0.25, 0.3) is 16.5 Å². The predicted molar refractivity (Wildman–Crippen MR) is 171 cm³/mol. The van der Waals surface area contributed by atoms with Gasteiger partial charge in [0.15, 0.2) is 0 Å². The summed E-state index contributed by atoms with van der Waals surface area (Å²) in [5.74, 6) is 0.362. The molecule has 0 aliphatic heterocycles. The molecule has 2 aliphatic carbocycles. The minimum atomic E-state index is 0.0256. The maximum absolute atomic E-state index is 14.3. The fourth-order valence-corrected chi connectivity index (χ4v) is 7.32. The second-order valence-corrected chi connectivity index (χ2v) is 11.2. The summed E-state index contributed by atoms with van der Waals surface area (Å²) < 4.78 is 2.01. The maximum atomic E-state index is 14.3. The number of carbonyl (C=O) groups excluding carboxylic acids is 1. The van der Waals surface area contributed by atoms with E-state index < -0.39 is 0 Å². The lowest BCUT2D eigenvalue weighted by Gasteiger charge is -2.26. The number of nitrogens with zero attached hydrogens (tertiary/aromatic N) is 1. The van der Waals surface area contributed by atoms with Crippen molar-refractivity contribution < 1.29 is 4.79 Å². The van der Waals surface area contributed by atoms with Crippen molar-refractivity contribution in [1.29, 1.82) is 0 Å². The van der Waals surface area contributed by atoms with Crippen LogP contribution in [-0.4, -0.2) is 10.5 Å². The summed E-state index contributed by atoms with van der Waals surface area (Å²) in [6, 6.07) is 50.5. The van der Waals surface area contributed by atoms with Gasteiger partial charge in [0.2, 0.25) is 0 Å².